The molecule has 2 nitrogen and oxygen atoms in total. The van der Waals surface area contributed by atoms with Gasteiger partial charge in [0, 0.05) is 18.4 Å². The number of ether oxygens (including phenoxy) is 1. The zero-order valence-corrected chi connectivity index (χ0v) is 9.78. The highest BCUT2D eigenvalue weighted by Gasteiger charge is 2.03. The Hall–Kier alpha value is -0.190. The van der Waals surface area contributed by atoms with Crippen LogP contribution in [0.3, 0.4) is 0 Å². The van der Waals surface area contributed by atoms with Gasteiger partial charge in [0.2, 0.25) is 0 Å². The Morgan fingerprint density at radius 1 is 1.62 bits per heavy atom. The SMILES string of the molecule is COCC(=O)CCc1ccc(Br)s1. The van der Waals surface area contributed by atoms with E-state index in [1.807, 2.05) is 12.1 Å². The van der Waals surface area contributed by atoms with Crippen molar-refractivity contribution in [3.05, 3.63) is 20.8 Å². The first kappa shape index (κ1) is 10.9. The van der Waals surface area contributed by atoms with Crippen molar-refractivity contribution in [2.24, 2.45) is 0 Å². The molecule has 0 saturated heterocycles. The van der Waals surface area contributed by atoms with Crippen molar-refractivity contribution in [1.82, 2.24) is 0 Å². The molecule has 0 saturated carbocycles. The number of rotatable bonds is 5. The Balaban J connectivity index is 2.30. The molecule has 0 aliphatic heterocycles. The fourth-order valence-electron chi connectivity index (χ4n) is 0.982. The van der Waals surface area contributed by atoms with Crippen LogP contribution in [-0.2, 0) is 16.0 Å². The summed E-state index contributed by atoms with van der Waals surface area (Å²) < 4.78 is 5.85. The van der Waals surface area contributed by atoms with E-state index in [0.717, 1.165) is 10.2 Å². The Bertz CT molecular complexity index is 283. The molecule has 1 heterocycles. The molecule has 0 fully saturated rings. The van der Waals surface area contributed by atoms with E-state index in [0.29, 0.717) is 6.42 Å². The summed E-state index contributed by atoms with van der Waals surface area (Å²) in [6.07, 6.45) is 1.39. The number of hydrogen-bond donors (Lipinski definition) is 0. The summed E-state index contributed by atoms with van der Waals surface area (Å²) in [6, 6.07) is 4.04. The number of ketones is 1. The fraction of sp³-hybridized carbons (Fsp3) is 0.444. The number of Topliss-reactive ketones (excluding diaryl/α,β-unsaturated/α-hetero) is 1. The molecule has 0 aliphatic carbocycles. The quantitative estimate of drug-likeness (QED) is 0.816. The highest BCUT2D eigenvalue weighted by molar-refractivity contribution is 9.11. The van der Waals surface area contributed by atoms with Gasteiger partial charge in [-0.2, -0.15) is 0 Å². The third-order valence-electron chi connectivity index (χ3n) is 1.58. The molecular weight excluding hydrogens is 252 g/mol. The molecule has 72 valence electrons. The minimum atomic E-state index is 0.159. The number of methoxy groups -OCH3 is 1. The maximum absolute atomic E-state index is 11.1. The molecule has 4 heteroatoms. The lowest BCUT2D eigenvalue weighted by Gasteiger charge is -1.96. The van der Waals surface area contributed by atoms with Gasteiger partial charge in [0.05, 0.1) is 3.79 Å². The first-order valence-corrected chi connectivity index (χ1v) is 5.58. The van der Waals surface area contributed by atoms with Crippen molar-refractivity contribution in [3.8, 4) is 0 Å². The van der Waals surface area contributed by atoms with Gasteiger partial charge in [0.1, 0.15) is 6.61 Å². The molecule has 0 unspecified atom stereocenters. The third-order valence-corrected chi connectivity index (χ3v) is 3.27. The van der Waals surface area contributed by atoms with Crippen molar-refractivity contribution in [1.29, 1.82) is 0 Å². The average Bonchev–Trinajstić information content (AvgIpc) is 2.49. The second-order valence-corrected chi connectivity index (χ2v) is 5.23. The minimum Gasteiger partial charge on any atom is -0.377 e. The summed E-state index contributed by atoms with van der Waals surface area (Å²) in [5, 5.41) is 0. The second-order valence-electron chi connectivity index (χ2n) is 2.68. The minimum absolute atomic E-state index is 0.159. The van der Waals surface area contributed by atoms with Gasteiger partial charge in [0.25, 0.3) is 0 Å². The van der Waals surface area contributed by atoms with Crippen LogP contribution >= 0.6 is 27.3 Å². The number of carbonyl (C=O) groups excluding carboxylic acids is 1. The van der Waals surface area contributed by atoms with E-state index in [4.69, 9.17) is 4.74 Å². The Morgan fingerprint density at radius 3 is 2.92 bits per heavy atom. The molecule has 0 bridgehead atoms. The predicted octanol–water partition coefficient (Wildman–Crippen LogP) is 2.66. The molecule has 0 N–H and O–H groups in total. The van der Waals surface area contributed by atoms with Crippen LogP contribution in [0.4, 0.5) is 0 Å². The maximum Gasteiger partial charge on any atom is 0.158 e. The van der Waals surface area contributed by atoms with Crippen LogP contribution < -0.4 is 0 Å². The summed E-state index contributed by atoms with van der Waals surface area (Å²) in [6.45, 7) is 0.229. The van der Waals surface area contributed by atoms with Crippen molar-refractivity contribution in [3.63, 3.8) is 0 Å². The van der Waals surface area contributed by atoms with Crippen molar-refractivity contribution in [2.75, 3.05) is 13.7 Å². The van der Waals surface area contributed by atoms with Crippen LogP contribution in [0.15, 0.2) is 15.9 Å². The first-order valence-electron chi connectivity index (χ1n) is 3.97. The van der Waals surface area contributed by atoms with E-state index in [9.17, 15) is 4.79 Å². The topological polar surface area (TPSA) is 26.3 Å². The smallest absolute Gasteiger partial charge is 0.158 e. The molecule has 1 aromatic heterocycles. The van der Waals surface area contributed by atoms with Gasteiger partial charge in [-0.05, 0) is 34.5 Å². The van der Waals surface area contributed by atoms with Crippen LogP contribution in [0.2, 0.25) is 0 Å². The summed E-state index contributed by atoms with van der Waals surface area (Å²) >= 11 is 5.05. The van der Waals surface area contributed by atoms with Gasteiger partial charge in [-0.1, -0.05) is 0 Å². The van der Waals surface area contributed by atoms with Gasteiger partial charge in [-0.3, -0.25) is 4.79 Å². The van der Waals surface area contributed by atoms with Crippen LogP contribution in [0, 0.1) is 0 Å². The highest BCUT2D eigenvalue weighted by Crippen LogP contribution is 2.22. The average molecular weight is 263 g/mol. The second kappa shape index (κ2) is 5.52. The number of hydrogen-bond acceptors (Lipinski definition) is 3. The van der Waals surface area contributed by atoms with Crippen LogP contribution in [0.5, 0.6) is 0 Å². The Kier molecular flexibility index (Phi) is 4.62. The van der Waals surface area contributed by atoms with E-state index in [1.54, 1.807) is 18.4 Å². The third kappa shape index (κ3) is 4.02. The van der Waals surface area contributed by atoms with Crippen molar-refractivity contribution in [2.45, 2.75) is 12.8 Å². The van der Waals surface area contributed by atoms with Crippen molar-refractivity contribution >= 4 is 33.0 Å². The van der Waals surface area contributed by atoms with Gasteiger partial charge < -0.3 is 4.74 Å². The molecule has 0 radical (unpaired) electrons. The van der Waals surface area contributed by atoms with Gasteiger partial charge in [-0.15, -0.1) is 11.3 Å². The number of aryl methyl sites for hydroxylation is 1. The Morgan fingerprint density at radius 2 is 2.38 bits per heavy atom. The molecular formula is C9H11BrO2S. The molecule has 1 rings (SSSR count). The van der Waals surface area contributed by atoms with E-state index >= 15 is 0 Å². The zero-order chi connectivity index (χ0) is 9.68. The number of thiophene rings is 1. The van der Waals surface area contributed by atoms with Crippen LogP contribution in [0.25, 0.3) is 0 Å². The largest absolute Gasteiger partial charge is 0.377 e. The zero-order valence-electron chi connectivity index (χ0n) is 7.38. The lowest BCUT2D eigenvalue weighted by molar-refractivity contribution is -0.122. The lowest BCUT2D eigenvalue weighted by Crippen LogP contribution is -2.06. The summed E-state index contributed by atoms with van der Waals surface area (Å²) in [4.78, 5) is 12.3. The highest BCUT2D eigenvalue weighted by atomic mass is 79.9. The van der Waals surface area contributed by atoms with Crippen LogP contribution in [0.1, 0.15) is 11.3 Å². The molecule has 0 amide bonds. The molecule has 1 aromatic rings. The number of carbonyl (C=O) groups is 1. The molecule has 0 aromatic carbocycles. The molecule has 13 heavy (non-hydrogen) atoms. The Labute approximate surface area is 90.0 Å². The normalized spacial score (nSPS) is 10.3. The first-order chi connectivity index (χ1) is 6.22. The predicted molar refractivity (Wildman–Crippen MR) is 57.2 cm³/mol. The van der Waals surface area contributed by atoms with Gasteiger partial charge in [0.15, 0.2) is 5.78 Å². The maximum atomic E-state index is 11.1. The van der Waals surface area contributed by atoms with E-state index in [1.165, 1.54) is 4.88 Å². The van der Waals surface area contributed by atoms with E-state index in [2.05, 4.69) is 15.9 Å². The van der Waals surface area contributed by atoms with Crippen LogP contribution in [-0.4, -0.2) is 19.5 Å². The van der Waals surface area contributed by atoms with Gasteiger partial charge in [-0.25, -0.2) is 0 Å². The monoisotopic (exact) mass is 262 g/mol. The van der Waals surface area contributed by atoms with Crippen molar-refractivity contribution < 1.29 is 9.53 Å². The van der Waals surface area contributed by atoms with E-state index in [-0.39, 0.29) is 12.4 Å². The van der Waals surface area contributed by atoms with Gasteiger partial charge >= 0.3 is 0 Å². The molecule has 0 spiro atoms. The lowest BCUT2D eigenvalue weighted by atomic mass is 10.2. The summed E-state index contributed by atoms with van der Waals surface area (Å²) in [7, 11) is 1.54. The standard InChI is InChI=1S/C9H11BrO2S/c1-12-6-7(11)2-3-8-4-5-9(10)13-8/h4-5H,2-3,6H2,1H3. The molecule has 0 atom stereocenters. The summed E-state index contributed by atoms with van der Waals surface area (Å²) in [5.74, 6) is 0.159. The summed E-state index contributed by atoms with van der Waals surface area (Å²) in [5.41, 5.74) is 0. The van der Waals surface area contributed by atoms with E-state index < -0.39 is 0 Å². The fourth-order valence-corrected chi connectivity index (χ4v) is 2.46. The molecule has 0 aliphatic rings. The number of halogens is 1.